The molecule has 6 nitrogen and oxygen atoms in total. The molecule has 0 bridgehead atoms. The van der Waals surface area contributed by atoms with Crippen molar-refractivity contribution in [3.05, 3.63) is 78.6 Å². The molecule has 1 saturated heterocycles. The van der Waals surface area contributed by atoms with E-state index in [1.54, 1.807) is 0 Å². The Morgan fingerprint density at radius 1 is 1.10 bits per heavy atom. The summed E-state index contributed by atoms with van der Waals surface area (Å²) in [5.74, 6) is 1.47. The quantitative estimate of drug-likeness (QED) is 0.650. The first-order valence-corrected chi connectivity index (χ1v) is 10.2. The van der Waals surface area contributed by atoms with Crippen molar-refractivity contribution < 1.29 is 4.79 Å². The van der Waals surface area contributed by atoms with E-state index in [-0.39, 0.29) is 11.8 Å². The molecule has 29 heavy (non-hydrogen) atoms. The molecule has 3 aromatic rings. The lowest BCUT2D eigenvalue weighted by atomic mass is 9.97. The highest BCUT2D eigenvalue weighted by molar-refractivity contribution is 5.81. The Morgan fingerprint density at radius 3 is 2.72 bits per heavy atom. The molecule has 4 rings (SSSR count). The Labute approximate surface area is 171 Å². The Morgan fingerprint density at radius 2 is 1.93 bits per heavy atom. The maximum absolute atomic E-state index is 12.9. The minimum atomic E-state index is 0.170. The molecular weight excluding hydrogens is 362 g/mol. The fourth-order valence-corrected chi connectivity index (χ4v) is 3.97. The highest BCUT2D eigenvalue weighted by Crippen LogP contribution is 2.26. The van der Waals surface area contributed by atoms with Crippen molar-refractivity contribution in [3.8, 4) is 0 Å². The van der Waals surface area contributed by atoms with E-state index >= 15 is 0 Å². The number of rotatable bonds is 6. The number of anilines is 1. The summed E-state index contributed by atoms with van der Waals surface area (Å²) < 4.78 is 2.16. The fourth-order valence-electron chi connectivity index (χ4n) is 3.97. The largest absolute Gasteiger partial charge is 0.365 e. The summed E-state index contributed by atoms with van der Waals surface area (Å²) in [6.45, 7) is 2.64. The number of carbonyl (C=O) groups is 1. The number of aromatic nitrogens is 3. The second kappa shape index (κ2) is 8.90. The molecular formula is C23H27N5O. The molecule has 3 heterocycles. The van der Waals surface area contributed by atoms with E-state index in [4.69, 9.17) is 0 Å². The van der Waals surface area contributed by atoms with Gasteiger partial charge in [-0.05, 0) is 37.1 Å². The van der Waals surface area contributed by atoms with Crippen LogP contribution in [-0.2, 0) is 11.3 Å². The first-order chi connectivity index (χ1) is 14.2. The van der Waals surface area contributed by atoms with Crippen LogP contribution in [0.4, 0.5) is 5.69 Å². The number of likely N-dealkylation sites (N-methyl/N-ethyl adjacent to an activating group) is 1. The van der Waals surface area contributed by atoms with E-state index in [1.165, 1.54) is 0 Å². The van der Waals surface area contributed by atoms with Gasteiger partial charge in [0.2, 0.25) is 5.91 Å². The van der Waals surface area contributed by atoms with Gasteiger partial charge in [-0.3, -0.25) is 9.78 Å². The number of nitrogens with zero attached hydrogens (tertiary/aromatic N) is 5. The van der Waals surface area contributed by atoms with Crippen molar-refractivity contribution in [2.45, 2.75) is 25.3 Å². The summed E-state index contributed by atoms with van der Waals surface area (Å²) in [6.07, 6.45) is 7.73. The van der Waals surface area contributed by atoms with Crippen LogP contribution in [0.5, 0.6) is 0 Å². The van der Waals surface area contributed by atoms with Crippen LogP contribution < -0.4 is 4.90 Å². The van der Waals surface area contributed by atoms with Crippen LogP contribution in [0.1, 0.15) is 30.3 Å². The zero-order valence-electron chi connectivity index (χ0n) is 16.8. The van der Waals surface area contributed by atoms with Gasteiger partial charge in [0.05, 0.1) is 18.8 Å². The topological polar surface area (TPSA) is 54.3 Å². The van der Waals surface area contributed by atoms with Gasteiger partial charge < -0.3 is 14.4 Å². The molecule has 0 spiro atoms. The van der Waals surface area contributed by atoms with Gasteiger partial charge in [-0.1, -0.05) is 24.3 Å². The zero-order valence-corrected chi connectivity index (χ0v) is 16.8. The molecule has 1 aliphatic rings. The number of likely N-dealkylation sites (tertiary alicyclic amines) is 1. The zero-order chi connectivity index (χ0) is 20.1. The number of hydrogen-bond donors (Lipinski definition) is 0. The first-order valence-electron chi connectivity index (χ1n) is 10.2. The van der Waals surface area contributed by atoms with Gasteiger partial charge in [-0.25, -0.2) is 4.98 Å². The lowest BCUT2D eigenvalue weighted by Crippen LogP contribution is -2.44. The second-order valence-corrected chi connectivity index (χ2v) is 7.60. The van der Waals surface area contributed by atoms with Crippen molar-refractivity contribution in [2.24, 2.45) is 0 Å². The van der Waals surface area contributed by atoms with Crippen molar-refractivity contribution >= 4 is 11.6 Å². The van der Waals surface area contributed by atoms with Crippen LogP contribution in [0, 0.1) is 0 Å². The first kappa shape index (κ1) is 19.2. The van der Waals surface area contributed by atoms with Crippen molar-refractivity contribution in [2.75, 3.05) is 31.6 Å². The van der Waals surface area contributed by atoms with E-state index in [0.29, 0.717) is 13.1 Å². The Kier molecular flexibility index (Phi) is 5.89. The van der Waals surface area contributed by atoms with Gasteiger partial charge in [0.25, 0.3) is 0 Å². The highest BCUT2D eigenvalue weighted by Gasteiger charge is 2.28. The summed E-state index contributed by atoms with van der Waals surface area (Å²) in [7, 11) is 1.97. The number of hydrogen-bond acceptors (Lipinski definition) is 4. The number of para-hydroxylation sites is 1. The monoisotopic (exact) mass is 389 g/mol. The normalized spacial score (nSPS) is 16.6. The van der Waals surface area contributed by atoms with Gasteiger partial charge in [0.1, 0.15) is 5.82 Å². The van der Waals surface area contributed by atoms with Crippen molar-refractivity contribution in [1.82, 2.24) is 19.4 Å². The number of benzene rings is 1. The van der Waals surface area contributed by atoms with E-state index in [9.17, 15) is 4.79 Å². The summed E-state index contributed by atoms with van der Waals surface area (Å²) in [5.41, 5.74) is 2.07. The number of amides is 1. The molecule has 1 aromatic carbocycles. The van der Waals surface area contributed by atoms with Crippen LogP contribution in [0.25, 0.3) is 0 Å². The van der Waals surface area contributed by atoms with E-state index in [1.807, 2.05) is 84.0 Å². The molecule has 1 fully saturated rings. The van der Waals surface area contributed by atoms with Crippen molar-refractivity contribution in [3.63, 3.8) is 0 Å². The molecule has 0 saturated carbocycles. The smallest absolute Gasteiger partial charge is 0.242 e. The lowest BCUT2D eigenvalue weighted by Gasteiger charge is -2.34. The third-order valence-corrected chi connectivity index (χ3v) is 5.51. The molecule has 150 valence electrons. The highest BCUT2D eigenvalue weighted by atomic mass is 16.2. The van der Waals surface area contributed by atoms with Crippen LogP contribution >= 0.6 is 0 Å². The average molecular weight is 390 g/mol. The molecule has 1 aliphatic heterocycles. The standard InChI is InChI=1S/C23H27N5O/c1-26(21-10-3-2-4-11-21)18-22(29)27-14-7-8-19(16-27)23-25-13-15-28(23)17-20-9-5-6-12-24-20/h2-6,9-13,15,19H,7-8,14,16-18H2,1H3/t19-/m1/s1. The van der Waals surface area contributed by atoms with E-state index in [0.717, 1.165) is 43.1 Å². The average Bonchev–Trinajstić information content (AvgIpc) is 3.23. The van der Waals surface area contributed by atoms with Gasteiger partial charge in [0.15, 0.2) is 0 Å². The lowest BCUT2D eigenvalue weighted by molar-refractivity contribution is -0.130. The predicted octanol–water partition coefficient (Wildman–Crippen LogP) is 3.17. The van der Waals surface area contributed by atoms with E-state index < -0.39 is 0 Å². The second-order valence-electron chi connectivity index (χ2n) is 7.60. The SMILES string of the molecule is CN(CC(=O)N1CCC[C@@H](c2nccn2Cc2ccccn2)C1)c1ccccc1. The molecule has 0 N–H and O–H groups in total. The maximum Gasteiger partial charge on any atom is 0.242 e. The summed E-state index contributed by atoms with van der Waals surface area (Å²) in [6, 6.07) is 16.0. The fraction of sp³-hybridized carbons (Fsp3) is 0.348. The summed E-state index contributed by atoms with van der Waals surface area (Å²) in [5, 5.41) is 0. The maximum atomic E-state index is 12.9. The van der Waals surface area contributed by atoms with Crippen LogP contribution in [0.3, 0.4) is 0 Å². The number of pyridine rings is 1. The van der Waals surface area contributed by atoms with Gasteiger partial charge in [-0.2, -0.15) is 0 Å². The molecule has 6 heteroatoms. The Balaban J connectivity index is 1.41. The molecule has 0 aliphatic carbocycles. The van der Waals surface area contributed by atoms with E-state index in [2.05, 4.69) is 14.5 Å². The Hall–Kier alpha value is -3.15. The predicted molar refractivity (Wildman–Crippen MR) is 114 cm³/mol. The van der Waals surface area contributed by atoms with Crippen LogP contribution in [0.2, 0.25) is 0 Å². The van der Waals surface area contributed by atoms with Crippen LogP contribution in [0.15, 0.2) is 67.1 Å². The van der Waals surface area contributed by atoms with Crippen molar-refractivity contribution in [1.29, 1.82) is 0 Å². The summed E-state index contributed by atoms with van der Waals surface area (Å²) >= 11 is 0. The number of piperidine rings is 1. The molecule has 1 amide bonds. The van der Waals surface area contributed by atoms with Gasteiger partial charge >= 0.3 is 0 Å². The van der Waals surface area contributed by atoms with Crippen LogP contribution in [-0.4, -0.2) is 52.0 Å². The number of imidazole rings is 1. The molecule has 0 radical (unpaired) electrons. The summed E-state index contributed by atoms with van der Waals surface area (Å²) in [4.78, 5) is 26.0. The minimum absolute atomic E-state index is 0.170. The van der Waals surface area contributed by atoms with Gasteiger partial charge in [-0.15, -0.1) is 0 Å². The third kappa shape index (κ3) is 4.65. The molecule has 0 unspecified atom stereocenters. The molecule has 1 atom stereocenters. The van der Waals surface area contributed by atoms with Gasteiger partial charge in [0, 0.05) is 50.3 Å². The Bertz CT molecular complexity index is 925. The third-order valence-electron chi connectivity index (χ3n) is 5.51. The molecule has 2 aromatic heterocycles. The number of carbonyl (C=O) groups excluding carboxylic acids is 1. The minimum Gasteiger partial charge on any atom is -0.365 e.